The SMILES string of the molecule is Cc1cccnc1CC(=O)N(C)CCCC(=O)O. The summed E-state index contributed by atoms with van der Waals surface area (Å²) < 4.78 is 0. The summed E-state index contributed by atoms with van der Waals surface area (Å²) in [7, 11) is 1.68. The molecule has 0 radical (unpaired) electrons. The lowest BCUT2D eigenvalue weighted by Crippen LogP contribution is -2.30. The maximum atomic E-state index is 11.9. The Balaban J connectivity index is 2.45. The first kappa shape index (κ1) is 14.2. The number of aryl methyl sites for hydroxylation is 1. The van der Waals surface area contributed by atoms with Crippen LogP contribution in [0.15, 0.2) is 18.3 Å². The molecule has 5 nitrogen and oxygen atoms in total. The van der Waals surface area contributed by atoms with Crippen LogP contribution in [0.4, 0.5) is 0 Å². The highest BCUT2D eigenvalue weighted by Crippen LogP contribution is 2.06. The van der Waals surface area contributed by atoms with Gasteiger partial charge in [0.25, 0.3) is 0 Å². The van der Waals surface area contributed by atoms with Crippen molar-refractivity contribution in [2.45, 2.75) is 26.2 Å². The maximum Gasteiger partial charge on any atom is 0.303 e. The van der Waals surface area contributed by atoms with E-state index in [0.29, 0.717) is 13.0 Å². The maximum absolute atomic E-state index is 11.9. The highest BCUT2D eigenvalue weighted by atomic mass is 16.4. The van der Waals surface area contributed by atoms with Crippen molar-refractivity contribution in [1.29, 1.82) is 0 Å². The van der Waals surface area contributed by atoms with Gasteiger partial charge in [0.1, 0.15) is 0 Å². The van der Waals surface area contributed by atoms with Crippen molar-refractivity contribution in [1.82, 2.24) is 9.88 Å². The summed E-state index contributed by atoms with van der Waals surface area (Å²) >= 11 is 0. The van der Waals surface area contributed by atoms with E-state index in [1.807, 2.05) is 19.1 Å². The summed E-state index contributed by atoms with van der Waals surface area (Å²) in [4.78, 5) is 28.0. The molecule has 1 aromatic heterocycles. The third-order valence-electron chi connectivity index (χ3n) is 2.75. The van der Waals surface area contributed by atoms with Crippen molar-refractivity contribution in [3.8, 4) is 0 Å². The molecule has 0 saturated carbocycles. The molecule has 1 aromatic rings. The zero-order valence-corrected chi connectivity index (χ0v) is 10.7. The third kappa shape index (κ3) is 4.53. The molecule has 0 bridgehead atoms. The second-order valence-corrected chi connectivity index (χ2v) is 4.26. The van der Waals surface area contributed by atoms with E-state index in [1.165, 1.54) is 0 Å². The predicted octanol–water partition coefficient (Wildman–Crippen LogP) is 1.26. The molecule has 0 aliphatic heterocycles. The number of carbonyl (C=O) groups excluding carboxylic acids is 1. The lowest BCUT2D eigenvalue weighted by molar-refractivity contribution is -0.138. The fourth-order valence-corrected chi connectivity index (χ4v) is 1.57. The van der Waals surface area contributed by atoms with Crippen molar-refractivity contribution in [3.63, 3.8) is 0 Å². The minimum Gasteiger partial charge on any atom is -0.481 e. The Morgan fingerprint density at radius 3 is 2.78 bits per heavy atom. The molecule has 1 rings (SSSR count). The van der Waals surface area contributed by atoms with Gasteiger partial charge >= 0.3 is 5.97 Å². The van der Waals surface area contributed by atoms with Gasteiger partial charge in [0.2, 0.25) is 5.91 Å². The van der Waals surface area contributed by atoms with Crippen LogP contribution < -0.4 is 0 Å². The van der Waals surface area contributed by atoms with Crippen LogP contribution in [0.3, 0.4) is 0 Å². The number of hydrogen-bond acceptors (Lipinski definition) is 3. The minimum atomic E-state index is -0.837. The van der Waals surface area contributed by atoms with Crippen molar-refractivity contribution < 1.29 is 14.7 Å². The Morgan fingerprint density at radius 1 is 1.44 bits per heavy atom. The molecule has 0 fully saturated rings. The summed E-state index contributed by atoms with van der Waals surface area (Å²) in [6, 6.07) is 3.75. The van der Waals surface area contributed by atoms with E-state index in [0.717, 1.165) is 11.3 Å². The van der Waals surface area contributed by atoms with Crippen LogP contribution in [0, 0.1) is 6.92 Å². The largest absolute Gasteiger partial charge is 0.481 e. The van der Waals surface area contributed by atoms with E-state index in [2.05, 4.69) is 4.98 Å². The summed E-state index contributed by atoms with van der Waals surface area (Å²) in [5.74, 6) is -0.876. The molecule has 5 heteroatoms. The van der Waals surface area contributed by atoms with E-state index in [4.69, 9.17) is 5.11 Å². The number of amides is 1. The van der Waals surface area contributed by atoms with Gasteiger partial charge in [-0.3, -0.25) is 14.6 Å². The van der Waals surface area contributed by atoms with E-state index in [-0.39, 0.29) is 18.7 Å². The van der Waals surface area contributed by atoms with Crippen molar-refractivity contribution in [2.75, 3.05) is 13.6 Å². The van der Waals surface area contributed by atoms with Crippen molar-refractivity contribution in [3.05, 3.63) is 29.6 Å². The summed E-state index contributed by atoms with van der Waals surface area (Å²) in [5.41, 5.74) is 1.76. The summed E-state index contributed by atoms with van der Waals surface area (Å²) in [5, 5.41) is 8.52. The number of carboxylic acid groups (broad SMARTS) is 1. The molecule has 0 spiro atoms. The third-order valence-corrected chi connectivity index (χ3v) is 2.75. The number of aromatic nitrogens is 1. The quantitative estimate of drug-likeness (QED) is 0.825. The molecular formula is C13H18N2O3. The Labute approximate surface area is 106 Å². The smallest absolute Gasteiger partial charge is 0.303 e. The minimum absolute atomic E-state index is 0.0396. The van der Waals surface area contributed by atoms with Crippen molar-refractivity contribution in [2.24, 2.45) is 0 Å². The van der Waals surface area contributed by atoms with Crippen LogP contribution >= 0.6 is 0 Å². The first-order valence-corrected chi connectivity index (χ1v) is 5.87. The molecule has 0 atom stereocenters. The normalized spacial score (nSPS) is 10.1. The van der Waals surface area contributed by atoms with Gasteiger partial charge in [-0.25, -0.2) is 0 Å². The standard InChI is InChI=1S/C13H18N2O3/c1-10-5-3-7-14-11(10)9-12(16)15(2)8-4-6-13(17)18/h3,5,7H,4,6,8-9H2,1-2H3,(H,17,18). The molecule has 0 aliphatic carbocycles. The van der Waals surface area contributed by atoms with E-state index in [1.54, 1.807) is 18.1 Å². The first-order valence-electron chi connectivity index (χ1n) is 5.87. The molecule has 0 aliphatic rings. The van der Waals surface area contributed by atoms with E-state index >= 15 is 0 Å². The van der Waals surface area contributed by atoms with Gasteiger partial charge in [0, 0.05) is 26.2 Å². The number of pyridine rings is 1. The second-order valence-electron chi connectivity index (χ2n) is 4.26. The molecule has 0 unspecified atom stereocenters. The van der Waals surface area contributed by atoms with Crippen molar-refractivity contribution >= 4 is 11.9 Å². The fourth-order valence-electron chi connectivity index (χ4n) is 1.57. The number of aliphatic carboxylic acids is 1. The van der Waals surface area contributed by atoms with Crippen LogP contribution in [0.1, 0.15) is 24.1 Å². The van der Waals surface area contributed by atoms with Gasteiger partial charge in [0.15, 0.2) is 0 Å². The Hall–Kier alpha value is -1.91. The highest BCUT2D eigenvalue weighted by molar-refractivity contribution is 5.78. The van der Waals surface area contributed by atoms with Crippen LogP contribution in [0.5, 0.6) is 0 Å². The van der Waals surface area contributed by atoms with Gasteiger partial charge in [-0.1, -0.05) is 6.07 Å². The molecule has 0 saturated heterocycles. The molecule has 18 heavy (non-hydrogen) atoms. The van der Waals surface area contributed by atoms with E-state index < -0.39 is 5.97 Å². The molecular weight excluding hydrogens is 232 g/mol. The highest BCUT2D eigenvalue weighted by Gasteiger charge is 2.12. The average Bonchev–Trinajstić information content (AvgIpc) is 2.31. The lowest BCUT2D eigenvalue weighted by atomic mass is 10.1. The summed E-state index contributed by atoms with van der Waals surface area (Å²) in [6.07, 6.45) is 2.48. The number of rotatable bonds is 6. The number of hydrogen-bond donors (Lipinski definition) is 1. The number of likely N-dealkylation sites (N-methyl/N-ethyl adjacent to an activating group) is 1. The van der Waals surface area contributed by atoms with E-state index in [9.17, 15) is 9.59 Å². The second kappa shape index (κ2) is 6.74. The molecule has 1 amide bonds. The van der Waals surface area contributed by atoms with Gasteiger partial charge < -0.3 is 10.0 Å². The molecule has 1 N–H and O–H groups in total. The van der Waals surface area contributed by atoms with Crippen LogP contribution in [-0.4, -0.2) is 40.5 Å². The van der Waals surface area contributed by atoms with Gasteiger partial charge in [-0.15, -0.1) is 0 Å². The molecule has 0 aromatic carbocycles. The summed E-state index contributed by atoms with van der Waals surface area (Å²) in [6.45, 7) is 2.37. The zero-order chi connectivity index (χ0) is 13.5. The van der Waals surface area contributed by atoms with Gasteiger partial charge in [-0.2, -0.15) is 0 Å². The first-order chi connectivity index (χ1) is 8.50. The lowest BCUT2D eigenvalue weighted by Gasteiger charge is -2.16. The monoisotopic (exact) mass is 250 g/mol. The van der Waals surface area contributed by atoms with Crippen LogP contribution in [0.2, 0.25) is 0 Å². The number of carboxylic acids is 1. The Bertz CT molecular complexity index is 432. The molecule has 98 valence electrons. The zero-order valence-electron chi connectivity index (χ0n) is 10.7. The van der Waals surface area contributed by atoms with Gasteiger partial charge in [-0.05, 0) is 25.0 Å². The Morgan fingerprint density at radius 2 is 2.17 bits per heavy atom. The number of carbonyl (C=O) groups is 2. The van der Waals surface area contributed by atoms with Crippen LogP contribution in [-0.2, 0) is 16.0 Å². The average molecular weight is 250 g/mol. The van der Waals surface area contributed by atoms with Gasteiger partial charge in [0.05, 0.1) is 12.1 Å². The predicted molar refractivity (Wildman–Crippen MR) is 67.2 cm³/mol. The number of nitrogens with zero attached hydrogens (tertiary/aromatic N) is 2. The topological polar surface area (TPSA) is 70.5 Å². The molecule has 1 heterocycles. The van der Waals surface area contributed by atoms with Crippen LogP contribution in [0.25, 0.3) is 0 Å². The fraction of sp³-hybridized carbons (Fsp3) is 0.462. The Kier molecular flexibility index (Phi) is 5.30.